The maximum absolute atomic E-state index is 3.85. The average Bonchev–Trinajstić information content (AvgIpc) is 2.39. The van der Waals surface area contributed by atoms with Crippen molar-refractivity contribution >= 4 is 0 Å². The molecular weight excluding hydrogens is 230 g/mol. The Kier molecular flexibility index (Phi) is 5.45. The molecule has 2 rings (SSSR count). The van der Waals surface area contributed by atoms with Crippen LogP contribution in [0.3, 0.4) is 0 Å². The zero-order valence-electron chi connectivity index (χ0n) is 12.8. The predicted molar refractivity (Wildman–Crippen MR) is 83.4 cm³/mol. The molecule has 0 spiro atoms. The molecule has 106 valence electrons. The number of hydrogen-bond acceptors (Lipinski definition) is 1. The largest absolute Gasteiger partial charge is 0.307 e. The van der Waals surface area contributed by atoms with Gasteiger partial charge in [0.25, 0.3) is 0 Å². The molecule has 1 aliphatic rings. The van der Waals surface area contributed by atoms with Gasteiger partial charge in [-0.1, -0.05) is 51.0 Å². The van der Waals surface area contributed by atoms with Crippen molar-refractivity contribution in [1.82, 2.24) is 5.32 Å². The van der Waals surface area contributed by atoms with Crippen molar-refractivity contribution in [3.8, 4) is 0 Å². The molecule has 0 heterocycles. The molecule has 0 aromatic heterocycles. The predicted octanol–water partition coefficient (Wildman–Crippen LogP) is 4.87. The van der Waals surface area contributed by atoms with Gasteiger partial charge in [0.2, 0.25) is 0 Å². The van der Waals surface area contributed by atoms with Crippen LogP contribution in [0.25, 0.3) is 0 Å². The van der Waals surface area contributed by atoms with Gasteiger partial charge in [-0.3, -0.25) is 0 Å². The van der Waals surface area contributed by atoms with Crippen LogP contribution < -0.4 is 5.32 Å². The molecule has 0 amide bonds. The highest BCUT2D eigenvalue weighted by atomic mass is 14.9. The fourth-order valence-electron chi connectivity index (χ4n) is 3.19. The number of aryl methyl sites for hydroxylation is 1. The van der Waals surface area contributed by atoms with Crippen molar-refractivity contribution in [1.29, 1.82) is 0 Å². The fraction of sp³-hybridized carbons (Fsp3) is 0.667. The highest BCUT2D eigenvalue weighted by Crippen LogP contribution is 2.30. The van der Waals surface area contributed by atoms with Crippen LogP contribution in [0.2, 0.25) is 0 Å². The van der Waals surface area contributed by atoms with E-state index in [0.717, 1.165) is 5.92 Å². The van der Waals surface area contributed by atoms with Crippen LogP contribution in [0, 0.1) is 5.92 Å². The fourth-order valence-corrected chi connectivity index (χ4v) is 3.19. The summed E-state index contributed by atoms with van der Waals surface area (Å²) in [4.78, 5) is 0. The lowest BCUT2D eigenvalue weighted by Crippen LogP contribution is -2.32. The quantitative estimate of drug-likeness (QED) is 0.768. The maximum Gasteiger partial charge on any atom is 0.0325 e. The van der Waals surface area contributed by atoms with Gasteiger partial charge in [0.1, 0.15) is 0 Å². The van der Waals surface area contributed by atoms with Gasteiger partial charge in [-0.05, 0) is 49.7 Å². The Hall–Kier alpha value is -0.820. The Morgan fingerprint density at radius 2 is 1.95 bits per heavy atom. The van der Waals surface area contributed by atoms with Gasteiger partial charge in [0, 0.05) is 12.1 Å². The molecule has 0 saturated carbocycles. The number of rotatable bonds is 6. The van der Waals surface area contributed by atoms with Gasteiger partial charge in [-0.2, -0.15) is 0 Å². The Morgan fingerprint density at radius 3 is 2.74 bits per heavy atom. The summed E-state index contributed by atoms with van der Waals surface area (Å²) < 4.78 is 0. The van der Waals surface area contributed by atoms with Crippen molar-refractivity contribution in [3.63, 3.8) is 0 Å². The minimum Gasteiger partial charge on any atom is -0.307 e. The lowest BCUT2D eigenvalue weighted by atomic mass is 9.87. The Balaban J connectivity index is 1.86. The van der Waals surface area contributed by atoms with Gasteiger partial charge >= 0.3 is 0 Å². The summed E-state index contributed by atoms with van der Waals surface area (Å²) in [5.74, 6) is 0.836. The molecule has 0 bridgehead atoms. The van der Waals surface area contributed by atoms with Crippen LogP contribution in [0.5, 0.6) is 0 Å². The maximum atomic E-state index is 3.85. The van der Waals surface area contributed by atoms with Gasteiger partial charge in [0.15, 0.2) is 0 Å². The van der Waals surface area contributed by atoms with Crippen LogP contribution >= 0.6 is 0 Å². The number of benzene rings is 1. The molecule has 0 radical (unpaired) electrons. The first-order chi connectivity index (χ1) is 9.16. The average molecular weight is 259 g/mol. The normalized spacial score (nSPS) is 20.3. The molecule has 1 nitrogen and oxygen atoms in total. The van der Waals surface area contributed by atoms with E-state index in [-0.39, 0.29) is 0 Å². The molecule has 0 aliphatic heterocycles. The second-order valence-electron chi connectivity index (χ2n) is 6.54. The summed E-state index contributed by atoms with van der Waals surface area (Å²) in [5.41, 5.74) is 3.10. The SMILES string of the molecule is CC(C)CCCC(C)NC1CCCc2ccccc21. The van der Waals surface area contributed by atoms with Crippen LogP contribution in [-0.4, -0.2) is 6.04 Å². The van der Waals surface area contributed by atoms with E-state index in [2.05, 4.69) is 50.4 Å². The lowest BCUT2D eigenvalue weighted by Gasteiger charge is -2.29. The molecule has 1 aromatic carbocycles. The van der Waals surface area contributed by atoms with Gasteiger partial charge < -0.3 is 5.32 Å². The van der Waals surface area contributed by atoms with Crippen LogP contribution in [0.15, 0.2) is 24.3 Å². The first-order valence-electron chi connectivity index (χ1n) is 8.00. The summed E-state index contributed by atoms with van der Waals surface area (Å²) in [6.45, 7) is 6.97. The third-order valence-electron chi connectivity index (χ3n) is 4.27. The molecule has 19 heavy (non-hydrogen) atoms. The van der Waals surface area contributed by atoms with E-state index in [4.69, 9.17) is 0 Å². The van der Waals surface area contributed by atoms with Crippen molar-refractivity contribution in [2.24, 2.45) is 5.92 Å². The monoisotopic (exact) mass is 259 g/mol. The molecule has 1 heteroatoms. The minimum atomic E-state index is 0.582. The molecule has 0 saturated heterocycles. The second-order valence-corrected chi connectivity index (χ2v) is 6.54. The van der Waals surface area contributed by atoms with E-state index >= 15 is 0 Å². The first kappa shape index (κ1) is 14.6. The molecule has 2 atom stereocenters. The van der Waals surface area contributed by atoms with Gasteiger partial charge in [-0.25, -0.2) is 0 Å². The molecule has 1 aromatic rings. The Bertz CT molecular complexity index is 383. The van der Waals surface area contributed by atoms with Crippen molar-refractivity contribution in [2.75, 3.05) is 0 Å². The topological polar surface area (TPSA) is 12.0 Å². The highest BCUT2D eigenvalue weighted by molar-refractivity contribution is 5.32. The highest BCUT2D eigenvalue weighted by Gasteiger charge is 2.20. The summed E-state index contributed by atoms with van der Waals surface area (Å²) in [6, 6.07) is 10.2. The molecule has 1 N–H and O–H groups in total. The molecule has 0 fully saturated rings. The standard InChI is InChI=1S/C18H29N/c1-14(2)8-6-9-15(3)19-18-13-7-11-16-10-4-5-12-17(16)18/h4-5,10,12,14-15,18-19H,6-9,11,13H2,1-3H3. The number of fused-ring (bicyclic) bond motifs is 1. The second kappa shape index (κ2) is 7.09. The van der Waals surface area contributed by atoms with Crippen LogP contribution in [-0.2, 0) is 6.42 Å². The number of nitrogens with one attached hydrogen (secondary N) is 1. The zero-order valence-corrected chi connectivity index (χ0v) is 12.8. The van der Waals surface area contributed by atoms with Crippen molar-refractivity contribution < 1.29 is 0 Å². The van der Waals surface area contributed by atoms with Gasteiger partial charge in [-0.15, -0.1) is 0 Å². The minimum absolute atomic E-state index is 0.582. The first-order valence-corrected chi connectivity index (χ1v) is 8.00. The Labute approximate surface area is 118 Å². The summed E-state index contributed by atoms with van der Waals surface area (Å²) in [7, 11) is 0. The molecular formula is C18H29N. The van der Waals surface area contributed by atoms with Crippen LogP contribution in [0.1, 0.15) is 70.0 Å². The van der Waals surface area contributed by atoms with Crippen molar-refractivity contribution in [2.45, 2.75) is 71.4 Å². The summed E-state index contributed by atoms with van der Waals surface area (Å²) in [5, 5.41) is 3.85. The van der Waals surface area contributed by atoms with E-state index in [0.29, 0.717) is 12.1 Å². The lowest BCUT2D eigenvalue weighted by molar-refractivity contribution is 0.380. The molecule has 1 aliphatic carbocycles. The van der Waals surface area contributed by atoms with E-state index in [1.165, 1.54) is 38.5 Å². The van der Waals surface area contributed by atoms with Crippen LogP contribution in [0.4, 0.5) is 0 Å². The van der Waals surface area contributed by atoms with E-state index < -0.39 is 0 Å². The van der Waals surface area contributed by atoms with E-state index in [9.17, 15) is 0 Å². The summed E-state index contributed by atoms with van der Waals surface area (Å²) in [6.07, 6.45) is 7.89. The Morgan fingerprint density at radius 1 is 1.16 bits per heavy atom. The third kappa shape index (κ3) is 4.35. The number of hydrogen-bond donors (Lipinski definition) is 1. The van der Waals surface area contributed by atoms with E-state index in [1.54, 1.807) is 11.1 Å². The van der Waals surface area contributed by atoms with Crippen molar-refractivity contribution in [3.05, 3.63) is 35.4 Å². The van der Waals surface area contributed by atoms with Gasteiger partial charge in [0.05, 0.1) is 0 Å². The zero-order chi connectivity index (χ0) is 13.7. The third-order valence-corrected chi connectivity index (χ3v) is 4.27. The molecule has 2 unspecified atom stereocenters. The van der Waals surface area contributed by atoms with E-state index in [1.807, 2.05) is 0 Å². The smallest absolute Gasteiger partial charge is 0.0325 e. The summed E-state index contributed by atoms with van der Waals surface area (Å²) >= 11 is 0.